The number of hydrogen-bond donors (Lipinski definition) is 0. The predicted octanol–water partition coefficient (Wildman–Crippen LogP) is 5.45. The molecule has 0 aliphatic rings. The molecule has 0 aromatic heterocycles. The van der Waals surface area contributed by atoms with Gasteiger partial charge in [0.15, 0.2) is 23.3 Å². The van der Waals surface area contributed by atoms with Crippen LogP contribution in [0, 0.1) is 35.0 Å². The standard InChI is InChI=1S/C13H13F8P/c1-3-4-6(2)5-22(13(19,20)21)12-10(17)8(15)7(14)9(16)11(12)18/h6H,3-5H2,1-2H3. The van der Waals surface area contributed by atoms with Gasteiger partial charge in [-0.25, -0.2) is 22.0 Å². The van der Waals surface area contributed by atoms with E-state index in [2.05, 4.69) is 0 Å². The van der Waals surface area contributed by atoms with E-state index in [4.69, 9.17) is 0 Å². The van der Waals surface area contributed by atoms with E-state index in [0.717, 1.165) is 0 Å². The summed E-state index contributed by atoms with van der Waals surface area (Å²) in [6.07, 6.45) is 0.203. The van der Waals surface area contributed by atoms with Gasteiger partial charge in [-0.3, -0.25) is 0 Å². The molecule has 0 saturated heterocycles. The van der Waals surface area contributed by atoms with Crippen LogP contribution in [0.25, 0.3) is 0 Å². The molecule has 0 bridgehead atoms. The average Bonchev–Trinajstić information content (AvgIpc) is 2.41. The minimum atomic E-state index is -5.06. The van der Waals surface area contributed by atoms with E-state index in [1.54, 1.807) is 6.92 Å². The highest BCUT2D eigenvalue weighted by molar-refractivity contribution is 7.66. The Morgan fingerprint density at radius 2 is 1.27 bits per heavy atom. The summed E-state index contributed by atoms with van der Waals surface area (Å²) in [6, 6.07) is 0. The molecule has 1 aromatic rings. The Morgan fingerprint density at radius 1 is 0.864 bits per heavy atom. The highest BCUT2D eigenvalue weighted by Crippen LogP contribution is 2.55. The SMILES string of the molecule is CCCC(C)CP(c1c(F)c(F)c(F)c(F)c1F)C(F)(F)F. The largest absolute Gasteiger partial charge is 0.409 e. The lowest BCUT2D eigenvalue weighted by Gasteiger charge is -2.25. The first-order valence-electron chi connectivity index (χ1n) is 6.38. The maximum atomic E-state index is 13.6. The van der Waals surface area contributed by atoms with Crippen LogP contribution >= 0.6 is 7.92 Å². The summed E-state index contributed by atoms with van der Waals surface area (Å²) < 4.78 is 106. The van der Waals surface area contributed by atoms with Crippen molar-refractivity contribution in [3.63, 3.8) is 0 Å². The topological polar surface area (TPSA) is 0 Å². The molecule has 2 unspecified atom stereocenters. The molecule has 0 N–H and O–H groups in total. The van der Waals surface area contributed by atoms with Gasteiger partial charge < -0.3 is 0 Å². The van der Waals surface area contributed by atoms with Crippen molar-refractivity contribution in [1.29, 1.82) is 0 Å². The summed E-state index contributed by atoms with van der Waals surface area (Å²) in [7, 11) is -3.53. The van der Waals surface area contributed by atoms with Gasteiger partial charge in [0.05, 0.1) is 5.30 Å². The summed E-state index contributed by atoms with van der Waals surface area (Å²) in [5.41, 5.74) is 0. The van der Waals surface area contributed by atoms with E-state index in [1.807, 2.05) is 0 Å². The Morgan fingerprint density at radius 3 is 1.64 bits per heavy atom. The van der Waals surface area contributed by atoms with Crippen LogP contribution in [0.5, 0.6) is 0 Å². The lowest BCUT2D eigenvalue weighted by molar-refractivity contribution is -0.0395. The number of halogens is 8. The van der Waals surface area contributed by atoms with Crippen LogP contribution in [-0.4, -0.2) is 12.1 Å². The molecule has 0 aliphatic heterocycles. The second-order valence-corrected chi connectivity index (χ2v) is 7.07. The van der Waals surface area contributed by atoms with E-state index in [-0.39, 0.29) is 0 Å². The summed E-state index contributed by atoms with van der Waals surface area (Å²) in [5, 5.41) is -1.75. The zero-order valence-corrected chi connectivity index (χ0v) is 12.6. The summed E-state index contributed by atoms with van der Waals surface area (Å²) in [4.78, 5) is 0. The third-order valence-corrected chi connectivity index (χ3v) is 5.57. The fraction of sp³-hybridized carbons (Fsp3) is 0.538. The first-order chi connectivity index (χ1) is 10.0. The summed E-state index contributed by atoms with van der Waals surface area (Å²) in [6.45, 7) is 3.15. The Hall–Kier alpha value is -0.910. The van der Waals surface area contributed by atoms with Crippen LogP contribution in [0.3, 0.4) is 0 Å². The van der Waals surface area contributed by atoms with Gasteiger partial charge in [-0.05, 0) is 12.1 Å². The highest BCUT2D eigenvalue weighted by Gasteiger charge is 2.46. The van der Waals surface area contributed by atoms with Crippen molar-refractivity contribution in [3.8, 4) is 0 Å². The fourth-order valence-electron chi connectivity index (χ4n) is 2.05. The lowest BCUT2D eigenvalue weighted by Crippen LogP contribution is -2.27. The smallest absolute Gasteiger partial charge is 0.203 e. The molecule has 2 atom stereocenters. The zero-order chi connectivity index (χ0) is 17.2. The maximum Gasteiger partial charge on any atom is 0.409 e. The second-order valence-electron chi connectivity index (χ2n) is 4.89. The van der Waals surface area contributed by atoms with Crippen molar-refractivity contribution in [3.05, 3.63) is 29.1 Å². The molecule has 126 valence electrons. The van der Waals surface area contributed by atoms with Crippen molar-refractivity contribution in [2.45, 2.75) is 32.6 Å². The molecule has 1 rings (SSSR count). The summed E-state index contributed by atoms with van der Waals surface area (Å²) in [5.74, 6) is -17.6. The number of hydrogen-bond acceptors (Lipinski definition) is 0. The van der Waals surface area contributed by atoms with E-state index in [1.165, 1.54) is 6.92 Å². The molecule has 0 nitrogen and oxygen atoms in total. The number of alkyl halides is 3. The van der Waals surface area contributed by atoms with Crippen LogP contribution in [0.2, 0.25) is 0 Å². The minimum absolute atomic E-state index is 0.351. The molecule has 22 heavy (non-hydrogen) atoms. The highest BCUT2D eigenvalue weighted by atomic mass is 31.1. The monoisotopic (exact) mass is 352 g/mol. The second kappa shape index (κ2) is 7.11. The first-order valence-corrected chi connectivity index (χ1v) is 7.90. The maximum absolute atomic E-state index is 13.6. The Labute approximate surface area is 123 Å². The van der Waals surface area contributed by atoms with E-state index in [0.29, 0.717) is 12.8 Å². The quantitative estimate of drug-likeness (QED) is 0.286. The molecular weight excluding hydrogens is 339 g/mol. The van der Waals surface area contributed by atoms with E-state index >= 15 is 0 Å². The third-order valence-electron chi connectivity index (χ3n) is 3.04. The Bertz CT molecular complexity index is 511. The van der Waals surface area contributed by atoms with Crippen molar-refractivity contribution in [2.24, 2.45) is 5.92 Å². The molecule has 0 aliphatic carbocycles. The van der Waals surface area contributed by atoms with Gasteiger partial charge in [-0.2, -0.15) is 13.2 Å². The van der Waals surface area contributed by atoms with Gasteiger partial charge in [-0.1, -0.05) is 26.7 Å². The molecule has 0 heterocycles. The van der Waals surface area contributed by atoms with Crippen LogP contribution in [0.4, 0.5) is 35.1 Å². The molecule has 1 aromatic carbocycles. The van der Waals surface area contributed by atoms with Crippen LogP contribution in [0.1, 0.15) is 26.7 Å². The molecule has 0 fully saturated rings. The van der Waals surface area contributed by atoms with Gasteiger partial charge in [0.2, 0.25) is 5.82 Å². The van der Waals surface area contributed by atoms with E-state index in [9.17, 15) is 35.1 Å². The molecule has 9 heteroatoms. The Kier molecular flexibility index (Phi) is 6.18. The van der Waals surface area contributed by atoms with Gasteiger partial charge >= 0.3 is 5.92 Å². The van der Waals surface area contributed by atoms with Gasteiger partial charge in [0.25, 0.3) is 0 Å². The molecular formula is C13H13F8P. The van der Waals surface area contributed by atoms with Crippen LogP contribution in [0.15, 0.2) is 0 Å². The number of benzene rings is 1. The van der Waals surface area contributed by atoms with E-state index < -0.39 is 60.3 Å². The minimum Gasteiger partial charge on any atom is -0.203 e. The molecule has 0 radical (unpaired) electrons. The molecule has 0 saturated carbocycles. The summed E-state index contributed by atoms with van der Waals surface area (Å²) >= 11 is 0. The van der Waals surface area contributed by atoms with Crippen molar-refractivity contribution >= 4 is 13.2 Å². The van der Waals surface area contributed by atoms with Gasteiger partial charge in [0, 0.05) is 7.92 Å². The predicted molar refractivity (Wildman–Crippen MR) is 67.8 cm³/mol. The van der Waals surface area contributed by atoms with Crippen LogP contribution < -0.4 is 5.30 Å². The molecule has 0 spiro atoms. The molecule has 0 amide bonds. The fourth-order valence-corrected chi connectivity index (χ4v) is 4.17. The Balaban J connectivity index is 3.44. The van der Waals surface area contributed by atoms with Crippen molar-refractivity contribution in [1.82, 2.24) is 0 Å². The first kappa shape index (κ1) is 19.1. The van der Waals surface area contributed by atoms with Crippen LogP contribution in [-0.2, 0) is 0 Å². The number of rotatable bonds is 5. The lowest BCUT2D eigenvalue weighted by atomic mass is 10.1. The van der Waals surface area contributed by atoms with Gasteiger partial charge in [0.1, 0.15) is 0 Å². The van der Waals surface area contributed by atoms with Crippen molar-refractivity contribution in [2.75, 3.05) is 6.16 Å². The third kappa shape index (κ3) is 3.89. The normalized spacial score (nSPS) is 15.0. The average molecular weight is 352 g/mol. The van der Waals surface area contributed by atoms with Gasteiger partial charge in [-0.15, -0.1) is 0 Å². The van der Waals surface area contributed by atoms with Crippen molar-refractivity contribution < 1.29 is 35.1 Å². The zero-order valence-electron chi connectivity index (χ0n) is 11.7.